The lowest BCUT2D eigenvalue weighted by atomic mass is 10.0. The van der Waals surface area contributed by atoms with E-state index in [1.807, 2.05) is 37.4 Å². The van der Waals surface area contributed by atoms with E-state index in [9.17, 15) is 0 Å². The van der Waals surface area contributed by atoms with Crippen molar-refractivity contribution in [2.45, 2.75) is 24.0 Å². The van der Waals surface area contributed by atoms with Crippen molar-refractivity contribution in [1.82, 2.24) is 0 Å². The molecule has 3 N–H and O–H groups in total. The smallest absolute Gasteiger partial charge is 0.0998 e. The number of aliphatic hydroxyl groups excluding tert-OH is 1. The predicted molar refractivity (Wildman–Crippen MR) is 67.7 cm³/mol. The normalized spacial score (nSPS) is 14.8. The van der Waals surface area contributed by atoms with Gasteiger partial charge in [-0.25, -0.2) is 0 Å². The third-order valence-corrected chi connectivity index (χ3v) is 3.13. The molecule has 0 bridgehead atoms. The molecule has 0 aliphatic rings. The van der Waals surface area contributed by atoms with Gasteiger partial charge >= 0.3 is 0 Å². The molecule has 90 valence electrons. The van der Waals surface area contributed by atoms with E-state index in [1.54, 1.807) is 11.8 Å². The summed E-state index contributed by atoms with van der Waals surface area (Å²) in [6.07, 6.45) is 1.81. The molecule has 1 aromatic carbocycles. The van der Waals surface area contributed by atoms with Crippen molar-refractivity contribution >= 4 is 11.8 Å². The lowest BCUT2D eigenvalue weighted by Crippen LogP contribution is -2.33. The van der Waals surface area contributed by atoms with Crippen LogP contribution < -0.4 is 5.73 Å². The Morgan fingerprint density at radius 2 is 2.00 bits per heavy atom. The molecular weight excluding hydrogens is 222 g/mol. The molecule has 0 fully saturated rings. The lowest BCUT2D eigenvalue weighted by Gasteiger charge is -2.22. The number of rotatable bonds is 6. The second-order valence-corrected chi connectivity index (χ2v) is 4.38. The summed E-state index contributed by atoms with van der Waals surface area (Å²) < 4.78 is 5.56. The standard InChI is InChI=1S/C12H19NO2S/c1-3-15-12(11(13)8-14)9-4-6-10(16-2)7-5-9/h4-7,11-12,14H,3,8,13H2,1-2H3/t11-,12-/m0/s1. The summed E-state index contributed by atoms with van der Waals surface area (Å²) >= 11 is 1.70. The van der Waals surface area contributed by atoms with Crippen LogP contribution in [0.2, 0.25) is 0 Å². The van der Waals surface area contributed by atoms with Crippen LogP contribution in [0, 0.1) is 0 Å². The van der Waals surface area contributed by atoms with Crippen LogP contribution in [-0.4, -0.2) is 30.6 Å². The van der Waals surface area contributed by atoms with Crippen molar-refractivity contribution in [2.24, 2.45) is 5.73 Å². The summed E-state index contributed by atoms with van der Waals surface area (Å²) in [5, 5.41) is 9.08. The average molecular weight is 241 g/mol. The third-order valence-electron chi connectivity index (χ3n) is 2.39. The number of nitrogens with two attached hydrogens (primary N) is 1. The van der Waals surface area contributed by atoms with E-state index in [4.69, 9.17) is 15.6 Å². The Hall–Kier alpha value is -0.550. The van der Waals surface area contributed by atoms with E-state index < -0.39 is 0 Å². The Kier molecular flexibility index (Phi) is 5.84. The first kappa shape index (κ1) is 13.5. The maximum absolute atomic E-state index is 9.08. The van der Waals surface area contributed by atoms with Crippen LogP contribution >= 0.6 is 11.8 Å². The van der Waals surface area contributed by atoms with Crippen molar-refractivity contribution in [2.75, 3.05) is 19.5 Å². The lowest BCUT2D eigenvalue weighted by molar-refractivity contribution is 0.0277. The van der Waals surface area contributed by atoms with Gasteiger partial charge in [0.1, 0.15) is 0 Å². The van der Waals surface area contributed by atoms with E-state index in [1.165, 1.54) is 4.90 Å². The van der Waals surface area contributed by atoms with Gasteiger partial charge in [0.25, 0.3) is 0 Å². The molecule has 0 aromatic heterocycles. The number of thioether (sulfide) groups is 1. The number of aliphatic hydroxyl groups is 1. The molecule has 0 spiro atoms. The van der Waals surface area contributed by atoms with E-state index in [0.29, 0.717) is 6.61 Å². The number of ether oxygens (including phenoxy) is 1. The Morgan fingerprint density at radius 1 is 1.38 bits per heavy atom. The monoisotopic (exact) mass is 241 g/mol. The highest BCUT2D eigenvalue weighted by Gasteiger charge is 2.19. The molecule has 0 aliphatic carbocycles. The van der Waals surface area contributed by atoms with Gasteiger partial charge in [-0.05, 0) is 30.9 Å². The van der Waals surface area contributed by atoms with Gasteiger partial charge in [0.05, 0.1) is 18.8 Å². The van der Waals surface area contributed by atoms with Crippen molar-refractivity contribution < 1.29 is 9.84 Å². The largest absolute Gasteiger partial charge is 0.395 e. The van der Waals surface area contributed by atoms with Gasteiger partial charge in [0, 0.05) is 11.5 Å². The molecule has 16 heavy (non-hydrogen) atoms. The Labute approximate surface area is 101 Å². The summed E-state index contributed by atoms with van der Waals surface area (Å²) in [6, 6.07) is 7.70. The molecule has 0 radical (unpaired) electrons. The molecule has 4 heteroatoms. The first-order valence-corrected chi connectivity index (χ1v) is 6.57. The summed E-state index contributed by atoms with van der Waals surface area (Å²) in [7, 11) is 0. The number of benzene rings is 1. The van der Waals surface area contributed by atoms with Crippen LogP contribution in [0.25, 0.3) is 0 Å². The van der Waals surface area contributed by atoms with E-state index in [0.717, 1.165) is 5.56 Å². The highest BCUT2D eigenvalue weighted by atomic mass is 32.2. The summed E-state index contributed by atoms with van der Waals surface area (Å²) in [5.74, 6) is 0. The molecule has 0 heterocycles. The van der Waals surface area contributed by atoms with Crippen molar-refractivity contribution in [3.05, 3.63) is 29.8 Å². The maximum atomic E-state index is 9.08. The van der Waals surface area contributed by atoms with Crippen LogP contribution in [0.1, 0.15) is 18.6 Å². The molecular formula is C12H19NO2S. The zero-order chi connectivity index (χ0) is 12.0. The van der Waals surface area contributed by atoms with Gasteiger partial charge in [-0.1, -0.05) is 12.1 Å². The topological polar surface area (TPSA) is 55.5 Å². The molecule has 0 saturated heterocycles. The van der Waals surface area contributed by atoms with Crippen molar-refractivity contribution in [1.29, 1.82) is 0 Å². The molecule has 0 saturated carbocycles. The third kappa shape index (κ3) is 3.49. The first-order valence-electron chi connectivity index (χ1n) is 5.35. The Balaban J connectivity index is 2.83. The van der Waals surface area contributed by atoms with Crippen LogP contribution in [0.15, 0.2) is 29.2 Å². The van der Waals surface area contributed by atoms with E-state index >= 15 is 0 Å². The minimum absolute atomic E-state index is 0.0745. The number of hydrogen-bond acceptors (Lipinski definition) is 4. The van der Waals surface area contributed by atoms with E-state index in [-0.39, 0.29) is 18.8 Å². The Bertz CT molecular complexity index is 302. The van der Waals surface area contributed by atoms with E-state index in [2.05, 4.69) is 0 Å². The van der Waals surface area contributed by atoms with Gasteiger partial charge in [-0.15, -0.1) is 11.8 Å². The zero-order valence-electron chi connectivity index (χ0n) is 9.72. The predicted octanol–water partition coefficient (Wildman–Crippen LogP) is 1.81. The minimum atomic E-state index is -0.375. The summed E-state index contributed by atoms with van der Waals surface area (Å²) in [5.41, 5.74) is 6.84. The quantitative estimate of drug-likeness (QED) is 0.746. The van der Waals surface area contributed by atoms with Gasteiger partial charge in [-0.2, -0.15) is 0 Å². The van der Waals surface area contributed by atoms with Gasteiger partial charge < -0.3 is 15.6 Å². The van der Waals surface area contributed by atoms with Crippen LogP contribution in [0.5, 0.6) is 0 Å². The molecule has 1 rings (SSSR count). The van der Waals surface area contributed by atoms with Crippen molar-refractivity contribution in [3.8, 4) is 0 Å². The summed E-state index contributed by atoms with van der Waals surface area (Å²) in [6.45, 7) is 2.44. The van der Waals surface area contributed by atoms with Crippen molar-refractivity contribution in [3.63, 3.8) is 0 Å². The molecule has 0 unspecified atom stereocenters. The van der Waals surface area contributed by atoms with Crippen LogP contribution in [0.3, 0.4) is 0 Å². The second-order valence-electron chi connectivity index (χ2n) is 3.50. The van der Waals surface area contributed by atoms with Gasteiger partial charge in [0.2, 0.25) is 0 Å². The molecule has 0 amide bonds. The highest BCUT2D eigenvalue weighted by molar-refractivity contribution is 7.98. The SMILES string of the molecule is CCO[C@@H](c1ccc(SC)cc1)[C@@H](N)CO. The minimum Gasteiger partial charge on any atom is -0.395 e. The molecule has 0 aliphatic heterocycles. The molecule has 3 nitrogen and oxygen atoms in total. The fraction of sp³-hybridized carbons (Fsp3) is 0.500. The van der Waals surface area contributed by atoms with Gasteiger partial charge in [-0.3, -0.25) is 0 Å². The summed E-state index contributed by atoms with van der Waals surface area (Å²) in [4.78, 5) is 1.21. The maximum Gasteiger partial charge on any atom is 0.0998 e. The zero-order valence-corrected chi connectivity index (χ0v) is 10.5. The van der Waals surface area contributed by atoms with Gasteiger partial charge in [0.15, 0.2) is 0 Å². The fourth-order valence-electron chi connectivity index (χ4n) is 1.54. The molecule has 1 aromatic rings. The molecule has 2 atom stereocenters. The van der Waals surface area contributed by atoms with Crippen LogP contribution in [-0.2, 0) is 4.74 Å². The first-order chi connectivity index (χ1) is 7.72. The number of hydrogen-bond donors (Lipinski definition) is 2. The highest BCUT2D eigenvalue weighted by Crippen LogP contribution is 2.23. The van der Waals surface area contributed by atoms with Crippen LogP contribution in [0.4, 0.5) is 0 Å². The Morgan fingerprint density at radius 3 is 2.44 bits per heavy atom. The fourth-order valence-corrected chi connectivity index (χ4v) is 1.94. The second kappa shape index (κ2) is 6.91. The average Bonchev–Trinajstić information content (AvgIpc) is 2.35.